The second-order valence-electron chi connectivity index (χ2n) is 3.91. The molecule has 1 atom stereocenters. The van der Waals surface area contributed by atoms with Gasteiger partial charge in [-0.05, 0) is 31.2 Å². The standard InChI is InChI=1S/C15H14ClNS/c1-12(14-9-10-15(16)18-14)17-11-5-8-13-6-3-2-4-7-13/h2-4,6-7,9-10,12,17H,11H2,1H3. The third kappa shape index (κ3) is 3.89. The second kappa shape index (κ2) is 6.61. The molecule has 0 aliphatic carbocycles. The summed E-state index contributed by atoms with van der Waals surface area (Å²) in [6, 6.07) is 14.3. The van der Waals surface area contributed by atoms with Gasteiger partial charge in [0.1, 0.15) is 0 Å². The molecule has 0 saturated heterocycles. The number of nitrogens with one attached hydrogen (secondary N) is 1. The molecule has 1 aromatic heterocycles. The van der Waals surface area contributed by atoms with Crippen LogP contribution in [0, 0.1) is 11.8 Å². The topological polar surface area (TPSA) is 12.0 Å². The van der Waals surface area contributed by atoms with Gasteiger partial charge in [-0.1, -0.05) is 41.6 Å². The molecule has 1 nitrogen and oxygen atoms in total. The van der Waals surface area contributed by atoms with Crippen molar-refractivity contribution in [3.8, 4) is 11.8 Å². The summed E-state index contributed by atoms with van der Waals surface area (Å²) >= 11 is 7.51. The molecule has 0 fully saturated rings. The summed E-state index contributed by atoms with van der Waals surface area (Å²) in [6.07, 6.45) is 0. The zero-order chi connectivity index (χ0) is 12.8. The number of hydrogen-bond acceptors (Lipinski definition) is 2. The first-order valence-electron chi connectivity index (χ1n) is 5.78. The highest BCUT2D eigenvalue weighted by atomic mass is 35.5. The first kappa shape index (κ1) is 13.2. The van der Waals surface area contributed by atoms with Crippen LogP contribution in [0.5, 0.6) is 0 Å². The molecule has 0 aliphatic rings. The molecule has 1 unspecified atom stereocenters. The van der Waals surface area contributed by atoms with Gasteiger partial charge in [0.15, 0.2) is 0 Å². The maximum absolute atomic E-state index is 5.91. The lowest BCUT2D eigenvalue weighted by Crippen LogP contribution is -2.17. The molecular formula is C15H14ClNS. The minimum Gasteiger partial charge on any atom is -0.299 e. The maximum Gasteiger partial charge on any atom is 0.0931 e. The van der Waals surface area contributed by atoms with E-state index in [4.69, 9.17) is 11.6 Å². The third-order valence-corrected chi connectivity index (χ3v) is 3.94. The lowest BCUT2D eigenvalue weighted by Gasteiger charge is -2.08. The molecule has 92 valence electrons. The molecule has 1 N–H and O–H groups in total. The summed E-state index contributed by atoms with van der Waals surface area (Å²) in [4.78, 5) is 1.24. The Morgan fingerprint density at radius 1 is 1.22 bits per heavy atom. The Bertz CT molecular complexity index is 551. The molecule has 0 amide bonds. The molecule has 2 rings (SSSR count). The number of rotatable bonds is 3. The highest BCUT2D eigenvalue weighted by Gasteiger charge is 2.05. The van der Waals surface area contributed by atoms with Gasteiger partial charge in [0, 0.05) is 16.5 Å². The van der Waals surface area contributed by atoms with Crippen LogP contribution in [0.15, 0.2) is 42.5 Å². The van der Waals surface area contributed by atoms with Crippen molar-refractivity contribution in [2.45, 2.75) is 13.0 Å². The Kier molecular flexibility index (Phi) is 4.83. The average molecular weight is 276 g/mol. The van der Waals surface area contributed by atoms with Crippen LogP contribution in [0.4, 0.5) is 0 Å². The number of benzene rings is 1. The largest absolute Gasteiger partial charge is 0.299 e. The first-order chi connectivity index (χ1) is 8.75. The second-order valence-corrected chi connectivity index (χ2v) is 5.66. The summed E-state index contributed by atoms with van der Waals surface area (Å²) in [5.74, 6) is 6.24. The molecule has 0 bridgehead atoms. The Labute approximate surface area is 117 Å². The summed E-state index contributed by atoms with van der Waals surface area (Å²) in [6.45, 7) is 2.79. The van der Waals surface area contributed by atoms with Gasteiger partial charge in [0.05, 0.1) is 10.9 Å². The van der Waals surface area contributed by atoms with Crippen molar-refractivity contribution in [1.82, 2.24) is 5.32 Å². The SMILES string of the molecule is CC(NCC#Cc1ccccc1)c1ccc(Cl)s1. The smallest absolute Gasteiger partial charge is 0.0931 e. The normalized spacial score (nSPS) is 11.7. The molecule has 18 heavy (non-hydrogen) atoms. The van der Waals surface area contributed by atoms with Crippen molar-refractivity contribution in [3.63, 3.8) is 0 Å². The average Bonchev–Trinajstić information content (AvgIpc) is 2.82. The number of halogens is 1. The number of hydrogen-bond donors (Lipinski definition) is 1. The quantitative estimate of drug-likeness (QED) is 0.832. The van der Waals surface area contributed by atoms with Crippen molar-refractivity contribution in [2.24, 2.45) is 0 Å². The highest BCUT2D eigenvalue weighted by Crippen LogP contribution is 2.26. The molecule has 3 heteroatoms. The summed E-state index contributed by atoms with van der Waals surface area (Å²) < 4.78 is 0.828. The van der Waals surface area contributed by atoms with E-state index in [-0.39, 0.29) is 6.04 Å². The van der Waals surface area contributed by atoms with Gasteiger partial charge in [-0.3, -0.25) is 5.32 Å². The van der Waals surface area contributed by atoms with E-state index < -0.39 is 0 Å². The van der Waals surface area contributed by atoms with Crippen molar-refractivity contribution >= 4 is 22.9 Å². The zero-order valence-electron chi connectivity index (χ0n) is 10.1. The van der Waals surface area contributed by atoms with Gasteiger partial charge in [-0.25, -0.2) is 0 Å². The van der Waals surface area contributed by atoms with E-state index in [0.717, 1.165) is 9.90 Å². The van der Waals surface area contributed by atoms with Crippen molar-refractivity contribution in [2.75, 3.05) is 6.54 Å². The van der Waals surface area contributed by atoms with E-state index >= 15 is 0 Å². The third-order valence-electron chi connectivity index (χ3n) is 2.52. The Morgan fingerprint density at radius 3 is 2.67 bits per heavy atom. The summed E-state index contributed by atoms with van der Waals surface area (Å²) in [5, 5.41) is 3.36. The fraction of sp³-hybridized carbons (Fsp3) is 0.200. The van der Waals surface area contributed by atoms with Crippen LogP contribution >= 0.6 is 22.9 Å². The van der Waals surface area contributed by atoms with Gasteiger partial charge in [0.2, 0.25) is 0 Å². The predicted octanol–water partition coefficient (Wildman–Crippen LogP) is 4.10. The van der Waals surface area contributed by atoms with Crippen LogP contribution in [0.1, 0.15) is 23.4 Å². The van der Waals surface area contributed by atoms with Gasteiger partial charge in [-0.15, -0.1) is 11.3 Å². The molecular weight excluding hydrogens is 262 g/mol. The molecule has 0 saturated carbocycles. The maximum atomic E-state index is 5.91. The lowest BCUT2D eigenvalue weighted by atomic mass is 10.2. The molecule has 2 aromatic rings. The van der Waals surface area contributed by atoms with Crippen molar-refractivity contribution < 1.29 is 0 Å². The Balaban J connectivity index is 1.84. The van der Waals surface area contributed by atoms with Gasteiger partial charge >= 0.3 is 0 Å². The zero-order valence-corrected chi connectivity index (χ0v) is 11.7. The van der Waals surface area contributed by atoms with Crippen LogP contribution in [0.25, 0.3) is 0 Å². The van der Waals surface area contributed by atoms with Gasteiger partial charge in [-0.2, -0.15) is 0 Å². The van der Waals surface area contributed by atoms with Crippen LogP contribution in [0.2, 0.25) is 4.34 Å². The van der Waals surface area contributed by atoms with Crippen LogP contribution in [0.3, 0.4) is 0 Å². The van der Waals surface area contributed by atoms with E-state index in [1.54, 1.807) is 11.3 Å². The van der Waals surface area contributed by atoms with Gasteiger partial charge in [0.25, 0.3) is 0 Å². The monoisotopic (exact) mass is 275 g/mol. The Morgan fingerprint density at radius 2 is 2.00 bits per heavy atom. The highest BCUT2D eigenvalue weighted by molar-refractivity contribution is 7.16. The summed E-state index contributed by atoms with van der Waals surface area (Å²) in [7, 11) is 0. The van der Waals surface area contributed by atoms with E-state index in [1.165, 1.54) is 4.88 Å². The molecule has 0 radical (unpaired) electrons. The molecule has 0 aliphatic heterocycles. The van der Waals surface area contributed by atoms with E-state index in [0.29, 0.717) is 6.54 Å². The van der Waals surface area contributed by atoms with Crippen molar-refractivity contribution in [3.05, 3.63) is 57.2 Å². The number of thiophene rings is 1. The minimum absolute atomic E-state index is 0.285. The van der Waals surface area contributed by atoms with Crippen LogP contribution in [-0.4, -0.2) is 6.54 Å². The van der Waals surface area contributed by atoms with Gasteiger partial charge < -0.3 is 0 Å². The predicted molar refractivity (Wildman–Crippen MR) is 79.1 cm³/mol. The van der Waals surface area contributed by atoms with E-state index in [2.05, 4.69) is 30.1 Å². The van der Waals surface area contributed by atoms with Crippen LogP contribution < -0.4 is 5.32 Å². The fourth-order valence-corrected chi connectivity index (χ4v) is 2.62. The van der Waals surface area contributed by atoms with E-state index in [1.807, 2.05) is 36.4 Å². The lowest BCUT2D eigenvalue weighted by molar-refractivity contribution is 0.633. The fourth-order valence-electron chi connectivity index (χ4n) is 1.53. The molecule has 1 aromatic carbocycles. The Hall–Kier alpha value is -1.27. The van der Waals surface area contributed by atoms with Crippen LogP contribution in [-0.2, 0) is 0 Å². The first-order valence-corrected chi connectivity index (χ1v) is 6.97. The summed E-state index contributed by atoms with van der Waals surface area (Å²) in [5.41, 5.74) is 1.05. The minimum atomic E-state index is 0.285. The van der Waals surface area contributed by atoms with E-state index in [9.17, 15) is 0 Å². The molecule has 0 spiro atoms. The van der Waals surface area contributed by atoms with Crippen molar-refractivity contribution in [1.29, 1.82) is 0 Å². The molecule has 1 heterocycles.